The number of fused-ring (bicyclic) bond motifs is 1. The molecule has 3 aromatic rings. The summed E-state index contributed by atoms with van der Waals surface area (Å²) in [5.74, 6) is -8.18. The van der Waals surface area contributed by atoms with Gasteiger partial charge in [-0.1, -0.05) is 48.5 Å². The summed E-state index contributed by atoms with van der Waals surface area (Å²) >= 11 is 0. The van der Waals surface area contributed by atoms with E-state index in [4.69, 9.17) is 28.0 Å². The minimum atomic E-state index is -1.49. The first-order valence-corrected chi connectivity index (χ1v) is 25.4. The second-order valence-corrected chi connectivity index (χ2v) is 18.5. The molecular formula is C50H74N16O10. The number of carboxylic acid groups (broad SMARTS) is 1. The molecule has 8 amide bonds. The number of nitrogens with one attached hydrogen (secondary N) is 13. The SMILES string of the molecule is CC(=O)N[C@@H](CCCNC(=N)N)C(=O)NC1CCC(=O)NCCCC(C(=O)O)NC(=O)[C@H](Cc2c[nH]c3ccccc23)NC(=O)[C@H](CCCNC(=N)N)NC(=O)C(Cc2ccccc2)NC(=O)[C@H](CCCCN)NC1=O. The quantitative estimate of drug-likeness (QED) is 0.0324. The van der Waals surface area contributed by atoms with E-state index in [0.717, 1.165) is 10.9 Å². The maximum Gasteiger partial charge on any atom is 0.326 e. The number of unbranched alkanes of at least 4 members (excludes halogenated alkanes) is 1. The van der Waals surface area contributed by atoms with Gasteiger partial charge in [-0.2, -0.15) is 0 Å². The molecule has 20 N–H and O–H groups in total. The fraction of sp³-hybridized carbons (Fsp3) is 0.500. The number of rotatable bonds is 20. The summed E-state index contributed by atoms with van der Waals surface area (Å²) in [6.45, 7) is 1.67. The summed E-state index contributed by atoms with van der Waals surface area (Å²) in [5, 5.41) is 52.6. The highest BCUT2D eigenvalue weighted by atomic mass is 16.4. The van der Waals surface area contributed by atoms with E-state index in [1.165, 1.54) is 6.92 Å². The van der Waals surface area contributed by atoms with Crippen LogP contribution in [0.15, 0.2) is 60.8 Å². The van der Waals surface area contributed by atoms with Gasteiger partial charge >= 0.3 is 5.97 Å². The molecule has 1 saturated heterocycles. The van der Waals surface area contributed by atoms with Gasteiger partial charge in [-0.3, -0.25) is 49.2 Å². The lowest BCUT2D eigenvalue weighted by molar-refractivity contribution is -0.142. The van der Waals surface area contributed by atoms with Crippen molar-refractivity contribution in [3.8, 4) is 0 Å². The standard InChI is InChI=1S/C50H74N16O10/c1-29(67)60-34(17-9-24-57-49(52)53)42(69)63-37-20-21-41(68)56-23-11-19-38(48(75)76)64-47(74)40(27-31-28-59-33-15-6-5-14-32(31)33)66-44(71)36(18-10-25-58-50(54)55)62-46(73)39(26-30-12-3-2-4-13-30)65-43(70)35(61-45(37)72)16-7-8-22-51/h2-6,12-15,28,34-40,59H,7-11,16-27,51H2,1H3,(H,56,68)(H,60,67)(H,61,72)(H,62,73)(H,63,69)(H,64,74)(H,65,70)(H,66,71)(H,75,76)(H4,52,53,57)(H4,54,55,58)/t34-,35-,36-,37?,38?,39?,40-/m0/s1. The number of hydrogen-bond donors (Lipinski definition) is 17. The molecule has 414 valence electrons. The Hall–Kier alpha value is -8.29. The third-order valence-corrected chi connectivity index (χ3v) is 12.4. The Labute approximate surface area is 440 Å². The molecule has 2 heterocycles. The molecule has 7 atom stereocenters. The molecule has 76 heavy (non-hydrogen) atoms. The number of benzene rings is 2. The summed E-state index contributed by atoms with van der Waals surface area (Å²) in [5.41, 5.74) is 18.7. The number of carboxylic acids is 1. The van der Waals surface area contributed by atoms with Crippen LogP contribution in [0.5, 0.6) is 0 Å². The topological polar surface area (TPSA) is 436 Å². The van der Waals surface area contributed by atoms with Gasteiger partial charge < -0.3 is 80.5 Å². The van der Waals surface area contributed by atoms with Crippen LogP contribution in [0.2, 0.25) is 0 Å². The number of carbonyl (C=O) groups is 9. The van der Waals surface area contributed by atoms with Crippen molar-refractivity contribution in [3.05, 3.63) is 71.9 Å². The van der Waals surface area contributed by atoms with Crippen molar-refractivity contribution in [1.82, 2.24) is 58.2 Å². The first-order chi connectivity index (χ1) is 36.3. The predicted molar refractivity (Wildman–Crippen MR) is 282 cm³/mol. The van der Waals surface area contributed by atoms with Gasteiger partial charge in [0, 0.05) is 62.9 Å². The maximum absolute atomic E-state index is 14.6. The van der Waals surface area contributed by atoms with Crippen LogP contribution in [0.25, 0.3) is 10.9 Å². The van der Waals surface area contributed by atoms with Gasteiger partial charge in [0.1, 0.15) is 42.3 Å². The Morgan fingerprint density at radius 2 is 1.29 bits per heavy atom. The molecule has 26 nitrogen and oxygen atoms in total. The lowest BCUT2D eigenvalue weighted by Gasteiger charge is -2.28. The van der Waals surface area contributed by atoms with Crippen LogP contribution in [-0.2, 0) is 56.0 Å². The highest BCUT2D eigenvalue weighted by Crippen LogP contribution is 2.20. The Morgan fingerprint density at radius 1 is 0.711 bits per heavy atom. The average Bonchev–Trinajstić information content (AvgIpc) is 3.78. The minimum absolute atomic E-state index is 0.0126. The van der Waals surface area contributed by atoms with Crippen molar-refractivity contribution in [3.63, 3.8) is 0 Å². The molecule has 4 rings (SSSR count). The van der Waals surface area contributed by atoms with Crippen molar-refractivity contribution >= 4 is 76.0 Å². The van der Waals surface area contributed by atoms with E-state index in [1.807, 2.05) is 18.2 Å². The molecule has 0 radical (unpaired) electrons. The second-order valence-electron chi connectivity index (χ2n) is 18.5. The molecule has 3 unspecified atom stereocenters. The number of para-hydroxylation sites is 1. The van der Waals surface area contributed by atoms with Crippen LogP contribution < -0.4 is 70.4 Å². The van der Waals surface area contributed by atoms with Crippen LogP contribution in [0.1, 0.15) is 88.7 Å². The molecule has 0 saturated carbocycles. The zero-order chi connectivity index (χ0) is 55.6. The van der Waals surface area contributed by atoms with E-state index in [0.29, 0.717) is 24.0 Å². The van der Waals surface area contributed by atoms with E-state index >= 15 is 0 Å². The van der Waals surface area contributed by atoms with Crippen LogP contribution in [-0.4, -0.2) is 144 Å². The first-order valence-electron chi connectivity index (χ1n) is 25.4. The summed E-state index contributed by atoms with van der Waals surface area (Å²) < 4.78 is 0. The van der Waals surface area contributed by atoms with Gasteiger partial charge in [-0.15, -0.1) is 0 Å². The Balaban J connectivity index is 1.77. The predicted octanol–water partition coefficient (Wildman–Crippen LogP) is -2.20. The number of aromatic nitrogens is 1. The molecule has 1 aromatic heterocycles. The van der Waals surface area contributed by atoms with Gasteiger partial charge in [-0.05, 0) is 87.9 Å². The molecule has 26 heteroatoms. The number of nitrogens with two attached hydrogens (primary N) is 3. The van der Waals surface area contributed by atoms with Crippen molar-refractivity contribution < 1.29 is 48.3 Å². The summed E-state index contributed by atoms with van der Waals surface area (Å²) in [4.78, 5) is 127. The van der Waals surface area contributed by atoms with Crippen LogP contribution >= 0.6 is 0 Å². The lowest BCUT2D eigenvalue weighted by Crippen LogP contribution is -2.60. The minimum Gasteiger partial charge on any atom is -0.480 e. The van der Waals surface area contributed by atoms with Crippen molar-refractivity contribution in [2.24, 2.45) is 17.2 Å². The summed E-state index contributed by atoms with van der Waals surface area (Å²) in [7, 11) is 0. The number of carbonyl (C=O) groups excluding carboxylic acids is 8. The zero-order valence-electron chi connectivity index (χ0n) is 42.7. The van der Waals surface area contributed by atoms with Crippen LogP contribution in [0.4, 0.5) is 0 Å². The normalized spacial score (nSPS) is 21.0. The summed E-state index contributed by atoms with van der Waals surface area (Å²) in [6, 6.07) is 6.24. The fourth-order valence-electron chi connectivity index (χ4n) is 8.45. The lowest BCUT2D eigenvalue weighted by atomic mass is 10.0. The van der Waals surface area contributed by atoms with Crippen LogP contribution in [0, 0.1) is 10.8 Å². The fourth-order valence-corrected chi connectivity index (χ4v) is 8.45. The first kappa shape index (κ1) is 60.3. The third-order valence-electron chi connectivity index (χ3n) is 12.4. The molecule has 1 aliphatic rings. The number of amides is 8. The van der Waals surface area contributed by atoms with Crippen molar-refractivity contribution in [2.75, 3.05) is 26.2 Å². The van der Waals surface area contributed by atoms with E-state index in [-0.39, 0.29) is 109 Å². The molecular weight excluding hydrogens is 985 g/mol. The van der Waals surface area contributed by atoms with Gasteiger partial charge in [0.05, 0.1) is 0 Å². The smallest absolute Gasteiger partial charge is 0.326 e. The van der Waals surface area contributed by atoms with Gasteiger partial charge in [0.25, 0.3) is 0 Å². The number of hydrogen-bond acceptors (Lipinski definition) is 12. The Bertz CT molecular complexity index is 2490. The monoisotopic (exact) mass is 1060 g/mol. The Kier molecular flexibility index (Phi) is 24.9. The van der Waals surface area contributed by atoms with E-state index in [2.05, 4.69) is 58.2 Å². The average molecular weight is 1060 g/mol. The third kappa shape index (κ3) is 20.9. The number of H-pyrrole nitrogens is 1. The maximum atomic E-state index is 14.6. The second kappa shape index (κ2) is 31.4. The zero-order valence-corrected chi connectivity index (χ0v) is 42.7. The molecule has 2 aromatic carbocycles. The molecule has 1 fully saturated rings. The Morgan fingerprint density at radius 3 is 1.93 bits per heavy atom. The largest absolute Gasteiger partial charge is 0.480 e. The number of guanidine groups is 2. The number of aliphatic carboxylic acids is 1. The van der Waals surface area contributed by atoms with Crippen molar-refractivity contribution in [1.29, 1.82) is 10.8 Å². The van der Waals surface area contributed by atoms with E-state index in [9.17, 15) is 48.3 Å². The van der Waals surface area contributed by atoms with Gasteiger partial charge in [0.15, 0.2) is 11.9 Å². The molecule has 0 spiro atoms. The highest BCUT2D eigenvalue weighted by Gasteiger charge is 2.35. The van der Waals surface area contributed by atoms with Crippen LogP contribution in [0.3, 0.4) is 0 Å². The molecule has 1 aliphatic heterocycles. The summed E-state index contributed by atoms with van der Waals surface area (Å²) in [6.07, 6.45) is 1.85. The van der Waals surface area contributed by atoms with Gasteiger partial charge in [-0.25, -0.2) is 4.79 Å². The van der Waals surface area contributed by atoms with E-state index < -0.39 is 95.5 Å². The van der Waals surface area contributed by atoms with Crippen molar-refractivity contribution in [2.45, 2.75) is 133 Å². The molecule has 0 bridgehead atoms. The number of aromatic amines is 1. The van der Waals surface area contributed by atoms with Gasteiger partial charge in [0.2, 0.25) is 47.3 Å². The highest BCUT2D eigenvalue weighted by molar-refractivity contribution is 5.98. The van der Waals surface area contributed by atoms with E-state index in [1.54, 1.807) is 42.6 Å². The molecule has 0 aliphatic carbocycles.